The molecule has 0 radical (unpaired) electrons. The van der Waals surface area contributed by atoms with Crippen LogP contribution in [0.4, 0.5) is 0 Å². The molecule has 0 saturated carbocycles. The van der Waals surface area contributed by atoms with Gasteiger partial charge in [0.05, 0.1) is 18.6 Å². The Balaban J connectivity index is 2.82. The first kappa shape index (κ1) is 10.6. The smallest absolute Gasteiger partial charge is 0.456 e. The van der Waals surface area contributed by atoms with Crippen LogP contribution in [0.2, 0.25) is 0 Å². The first-order valence-electron chi connectivity index (χ1n) is 3.78. The van der Waals surface area contributed by atoms with E-state index in [4.69, 9.17) is 24.2 Å². The number of rotatable bonds is 4. The zero-order valence-corrected chi connectivity index (χ0v) is 8.19. The van der Waals surface area contributed by atoms with Gasteiger partial charge < -0.3 is 24.2 Å². The van der Waals surface area contributed by atoms with Gasteiger partial charge in [-0.1, -0.05) is 0 Å². The molecule has 1 heterocycles. The molecule has 1 aliphatic rings. The van der Waals surface area contributed by atoms with E-state index in [1.165, 1.54) is 6.92 Å². The number of aliphatic hydroxyl groups excluding tert-OH is 3. The van der Waals surface area contributed by atoms with Crippen LogP contribution in [0, 0.1) is 5.41 Å². The van der Waals surface area contributed by atoms with E-state index in [0.717, 1.165) is 0 Å². The lowest BCUT2D eigenvalue weighted by Crippen LogP contribution is -2.66. The van der Waals surface area contributed by atoms with E-state index in [9.17, 15) is 4.46 Å². The summed E-state index contributed by atoms with van der Waals surface area (Å²) < 4.78 is 20.2. The molecule has 0 bridgehead atoms. The molecule has 0 aliphatic carbocycles. The topological polar surface area (TPSA) is 96.2 Å². The quantitative estimate of drug-likeness (QED) is 0.468. The fourth-order valence-electron chi connectivity index (χ4n) is 1.07. The van der Waals surface area contributed by atoms with Gasteiger partial charge in [0, 0.05) is 0 Å². The zero-order valence-electron chi connectivity index (χ0n) is 7.19. The highest BCUT2D eigenvalue weighted by Crippen LogP contribution is 2.40. The molecule has 0 aromatic rings. The van der Waals surface area contributed by atoms with E-state index < -0.39 is 40.2 Å². The van der Waals surface area contributed by atoms with Gasteiger partial charge in [-0.3, -0.25) is 4.46 Å². The highest BCUT2D eigenvalue weighted by Gasteiger charge is 2.62. The third-order valence-electron chi connectivity index (χ3n) is 2.32. The molecule has 0 amide bonds. The van der Waals surface area contributed by atoms with Gasteiger partial charge in [-0.05, 0) is 6.92 Å². The van der Waals surface area contributed by atoms with E-state index in [1.807, 2.05) is 0 Å². The standard InChI is InChI=1S/C6H12O6Si/c1-5(2-7,3-8)6(4-9)11-13(10)12-6/h7-9H,2-4H2,1H3. The zero-order chi connectivity index (χ0) is 10.1. The first-order chi connectivity index (χ1) is 6.03. The SMILES string of the molecule is CC(CO)(CO)C1(CO)O[Si](=O)O1. The molecule has 1 aliphatic heterocycles. The van der Waals surface area contributed by atoms with E-state index in [-0.39, 0.29) is 0 Å². The molecule has 6 nitrogen and oxygen atoms in total. The Labute approximate surface area is 76.6 Å². The van der Waals surface area contributed by atoms with E-state index >= 15 is 0 Å². The van der Waals surface area contributed by atoms with Crippen molar-refractivity contribution in [2.75, 3.05) is 19.8 Å². The Morgan fingerprint density at radius 2 is 1.77 bits per heavy atom. The van der Waals surface area contributed by atoms with Crippen LogP contribution in [0.15, 0.2) is 0 Å². The first-order valence-corrected chi connectivity index (χ1v) is 5.00. The van der Waals surface area contributed by atoms with Gasteiger partial charge >= 0.3 is 9.17 Å². The van der Waals surface area contributed by atoms with Crippen LogP contribution in [0.1, 0.15) is 6.92 Å². The molecule has 1 saturated heterocycles. The van der Waals surface area contributed by atoms with Crippen molar-refractivity contribution < 1.29 is 28.6 Å². The molecule has 0 aromatic carbocycles. The average Bonchev–Trinajstić information content (AvgIpc) is 2.11. The van der Waals surface area contributed by atoms with Gasteiger partial charge in [0.2, 0.25) is 0 Å². The largest absolute Gasteiger partial charge is 0.773 e. The summed E-state index contributed by atoms with van der Waals surface area (Å²) in [5.41, 5.74) is -1.15. The Kier molecular flexibility index (Phi) is 2.71. The average molecular weight is 208 g/mol. The molecule has 7 heteroatoms. The monoisotopic (exact) mass is 208 g/mol. The lowest BCUT2D eigenvalue weighted by Gasteiger charge is -2.49. The molecule has 3 N–H and O–H groups in total. The summed E-state index contributed by atoms with van der Waals surface area (Å²) in [5.74, 6) is -1.52. The summed E-state index contributed by atoms with van der Waals surface area (Å²) in [6.45, 7) is 0.0525. The van der Waals surface area contributed by atoms with Gasteiger partial charge in [-0.25, -0.2) is 0 Å². The predicted octanol–water partition coefficient (Wildman–Crippen LogP) is -1.87. The molecule has 0 unspecified atom stereocenters. The summed E-state index contributed by atoms with van der Waals surface area (Å²) in [6.07, 6.45) is 0. The van der Waals surface area contributed by atoms with Gasteiger partial charge in [0.25, 0.3) is 5.79 Å². The van der Waals surface area contributed by atoms with Crippen molar-refractivity contribution in [3.05, 3.63) is 0 Å². The molecule has 13 heavy (non-hydrogen) atoms. The van der Waals surface area contributed by atoms with Crippen molar-refractivity contribution >= 4 is 9.17 Å². The summed E-state index contributed by atoms with van der Waals surface area (Å²) in [6, 6.07) is 0. The summed E-state index contributed by atoms with van der Waals surface area (Å²) in [4.78, 5) is 0. The third-order valence-corrected chi connectivity index (χ3v) is 3.31. The van der Waals surface area contributed by atoms with E-state index in [2.05, 4.69) is 0 Å². The van der Waals surface area contributed by atoms with E-state index in [0.29, 0.717) is 0 Å². The van der Waals surface area contributed by atoms with Crippen molar-refractivity contribution in [2.24, 2.45) is 5.41 Å². The van der Waals surface area contributed by atoms with Crippen LogP contribution in [0.3, 0.4) is 0 Å². The lowest BCUT2D eigenvalue weighted by atomic mass is 9.83. The molecule has 0 spiro atoms. The van der Waals surface area contributed by atoms with Crippen molar-refractivity contribution in [3.8, 4) is 0 Å². The lowest BCUT2D eigenvalue weighted by molar-refractivity contribution is -0.315. The summed E-state index contributed by atoms with van der Waals surface area (Å²) in [5, 5.41) is 26.9. The maximum Gasteiger partial charge on any atom is 0.773 e. The van der Waals surface area contributed by atoms with Crippen LogP contribution in [0.5, 0.6) is 0 Å². The Hall–Kier alpha value is -0.503. The van der Waals surface area contributed by atoms with Crippen molar-refractivity contribution in [1.29, 1.82) is 0 Å². The van der Waals surface area contributed by atoms with Crippen LogP contribution >= 0.6 is 0 Å². The number of aliphatic hydroxyl groups is 3. The highest BCUT2D eigenvalue weighted by atomic mass is 28.3. The minimum absolute atomic E-state index is 0.431. The molecule has 0 aromatic heterocycles. The summed E-state index contributed by atoms with van der Waals surface area (Å²) >= 11 is 0. The highest BCUT2D eigenvalue weighted by molar-refractivity contribution is 6.29. The minimum Gasteiger partial charge on any atom is -0.456 e. The van der Waals surface area contributed by atoms with Crippen LogP contribution < -0.4 is 0 Å². The maximum atomic E-state index is 10.6. The van der Waals surface area contributed by atoms with Gasteiger partial charge in [0.1, 0.15) is 6.61 Å². The van der Waals surface area contributed by atoms with Gasteiger partial charge in [-0.15, -0.1) is 0 Å². The van der Waals surface area contributed by atoms with E-state index in [1.54, 1.807) is 0 Å². The fraction of sp³-hybridized carbons (Fsp3) is 1.00. The molecule has 0 atom stereocenters. The Morgan fingerprint density at radius 1 is 1.31 bits per heavy atom. The predicted molar refractivity (Wildman–Crippen MR) is 40.7 cm³/mol. The van der Waals surface area contributed by atoms with Crippen LogP contribution in [-0.4, -0.2) is 50.1 Å². The van der Waals surface area contributed by atoms with Gasteiger partial charge in [0.15, 0.2) is 0 Å². The number of hydrogen-bond donors (Lipinski definition) is 3. The molecule has 1 fully saturated rings. The van der Waals surface area contributed by atoms with Crippen molar-refractivity contribution in [2.45, 2.75) is 12.7 Å². The maximum absolute atomic E-state index is 10.6. The Bertz CT molecular complexity index is 205. The third kappa shape index (κ3) is 1.37. The molecule has 1 rings (SSSR count). The van der Waals surface area contributed by atoms with Crippen LogP contribution in [-0.2, 0) is 13.3 Å². The molecular weight excluding hydrogens is 196 g/mol. The minimum atomic E-state index is -2.55. The van der Waals surface area contributed by atoms with Crippen molar-refractivity contribution in [3.63, 3.8) is 0 Å². The molecule has 76 valence electrons. The number of hydrogen-bond acceptors (Lipinski definition) is 6. The fourth-order valence-corrected chi connectivity index (χ4v) is 2.25. The normalized spacial score (nSPS) is 20.2. The Morgan fingerprint density at radius 3 is 2.00 bits per heavy atom. The second-order valence-corrected chi connectivity index (χ2v) is 4.15. The van der Waals surface area contributed by atoms with Gasteiger partial charge in [-0.2, -0.15) is 0 Å². The van der Waals surface area contributed by atoms with Crippen LogP contribution in [0.25, 0.3) is 0 Å². The second kappa shape index (κ2) is 3.33. The summed E-state index contributed by atoms with van der Waals surface area (Å²) in [7, 11) is -2.55. The van der Waals surface area contributed by atoms with Crippen molar-refractivity contribution in [1.82, 2.24) is 0 Å². The molecular formula is C6H12O6Si. The second-order valence-electron chi connectivity index (χ2n) is 3.24.